The first kappa shape index (κ1) is 24.3. The first-order valence-corrected chi connectivity index (χ1v) is 8.85. The van der Waals surface area contributed by atoms with E-state index < -0.39 is 0 Å². The fraction of sp³-hybridized carbons (Fsp3) is 0.529. The van der Waals surface area contributed by atoms with Crippen LogP contribution in [0, 0.1) is 0 Å². The number of hydrogen-bond donors (Lipinski definition) is 3. The van der Waals surface area contributed by atoms with Gasteiger partial charge in [-0.2, -0.15) is 0 Å². The molecule has 0 aliphatic rings. The number of rotatable bonds is 8. The molecule has 0 aliphatic carbocycles. The predicted molar refractivity (Wildman–Crippen MR) is 117 cm³/mol. The third-order valence-electron chi connectivity index (χ3n) is 3.25. The Morgan fingerprint density at radius 1 is 1.20 bits per heavy atom. The minimum atomic E-state index is 0. The van der Waals surface area contributed by atoms with Crippen LogP contribution >= 0.6 is 47.2 Å². The molecule has 1 rings (SSSR count). The maximum atomic E-state index is 11.6. The summed E-state index contributed by atoms with van der Waals surface area (Å²) in [5.74, 6) is 0.722. The van der Waals surface area contributed by atoms with Gasteiger partial charge in [-0.15, -0.1) is 24.0 Å². The second-order valence-corrected chi connectivity index (χ2v) is 6.58. The van der Waals surface area contributed by atoms with Gasteiger partial charge in [-0.3, -0.25) is 9.79 Å². The summed E-state index contributed by atoms with van der Waals surface area (Å²) in [7, 11) is 1.71. The van der Waals surface area contributed by atoms with Crippen molar-refractivity contribution in [3.8, 4) is 0 Å². The lowest BCUT2D eigenvalue weighted by Crippen LogP contribution is -2.40. The normalized spacial score (nSPS) is 11.0. The van der Waals surface area contributed by atoms with E-state index in [1.54, 1.807) is 13.1 Å². The Morgan fingerprint density at radius 2 is 1.88 bits per heavy atom. The lowest BCUT2D eigenvalue weighted by Gasteiger charge is -2.13. The summed E-state index contributed by atoms with van der Waals surface area (Å²) in [6.07, 6.45) is 2.19. The Hall–Kier alpha value is -0.730. The number of halogens is 3. The highest BCUT2D eigenvalue weighted by Crippen LogP contribution is 2.21. The van der Waals surface area contributed by atoms with Crippen molar-refractivity contribution < 1.29 is 4.79 Å². The van der Waals surface area contributed by atoms with Crippen molar-refractivity contribution >= 4 is 59.0 Å². The van der Waals surface area contributed by atoms with Crippen molar-refractivity contribution in [3.63, 3.8) is 0 Å². The molecule has 1 aromatic rings. The molecular formula is C17H27Cl2IN4O. The molecular weight excluding hydrogens is 474 g/mol. The zero-order valence-electron chi connectivity index (χ0n) is 14.9. The van der Waals surface area contributed by atoms with E-state index in [9.17, 15) is 4.79 Å². The van der Waals surface area contributed by atoms with E-state index in [0.717, 1.165) is 24.9 Å². The van der Waals surface area contributed by atoms with Crippen LogP contribution in [-0.2, 0) is 11.2 Å². The number of carbonyl (C=O) groups excluding carboxylic acids is 1. The summed E-state index contributed by atoms with van der Waals surface area (Å²) >= 11 is 12.0. The predicted octanol–water partition coefficient (Wildman–Crippen LogP) is 3.62. The molecule has 0 saturated heterocycles. The molecule has 142 valence electrons. The molecule has 25 heavy (non-hydrogen) atoms. The highest BCUT2D eigenvalue weighted by atomic mass is 127. The highest BCUT2D eigenvalue weighted by molar-refractivity contribution is 14.0. The van der Waals surface area contributed by atoms with Crippen LogP contribution in [0.4, 0.5) is 0 Å². The van der Waals surface area contributed by atoms with Gasteiger partial charge in [0.25, 0.3) is 0 Å². The lowest BCUT2D eigenvalue weighted by molar-refractivity contribution is -0.121. The van der Waals surface area contributed by atoms with Crippen LogP contribution in [0.1, 0.15) is 32.3 Å². The van der Waals surface area contributed by atoms with Crippen LogP contribution in [-0.4, -0.2) is 38.0 Å². The van der Waals surface area contributed by atoms with Crippen molar-refractivity contribution in [3.05, 3.63) is 33.8 Å². The minimum absolute atomic E-state index is 0. The van der Waals surface area contributed by atoms with Crippen molar-refractivity contribution in [1.29, 1.82) is 0 Å². The largest absolute Gasteiger partial charge is 0.356 e. The van der Waals surface area contributed by atoms with Crippen molar-refractivity contribution in [2.45, 2.75) is 39.2 Å². The molecule has 3 N–H and O–H groups in total. The van der Waals surface area contributed by atoms with Gasteiger partial charge < -0.3 is 16.0 Å². The summed E-state index contributed by atoms with van der Waals surface area (Å²) in [4.78, 5) is 15.7. The number of hydrogen-bond acceptors (Lipinski definition) is 2. The van der Waals surface area contributed by atoms with E-state index in [0.29, 0.717) is 29.0 Å². The molecule has 0 saturated carbocycles. The van der Waals surface area contributed by atoms with E-state index in [4.69, 9.17) is 23.2 Å². The molecule has 0 aromatic heterocycles. The Morgan fingerprint density at radius 3 is 2.48 bits per heavy atom. The van der Waals surface area contributed by atoms with Gasteiger partial charge in [0, 0.05) is 42.6 Å². The second kappa shape index (κ2) is 13.5. The van der Waals surface area contributed by atoms with Crippen LogP contribution in [0.3, 0.4) is 0 Å². The summed E-state index contributed by atoms with van der Waals surface area (Å²) < 4.78 is 0. The SMILES string of the molecule is CN=C(NCCCc1ccc(Cl)cc1Cl)NCCC(=O)NC(C)C.I. The average Bonchev–Trinajstić information content (AvgIpc) is 2.50. The van der Waals surface area contributed by atoms with Gasteiger partial charge in [-0.1, -0.05) is 29.3 Å². The number of aliphatic imine (C=N–C) groups is 1. The number of aryl methyl sites for hydroxylation is 1. The molecule has 1 aromatic carbocycles. The highest BCUT2D eigenvalue weighted by Gasteiger charge is 2.04. The van der Waals surface area contributed by atoms with E-state index >= 15 is 0 Å². The molecule has 5 nitrogen and oxygen atoms in total. The zero-order valence-corrected chi connectivity index (χ0v) is 18.7. The van der Waals surface area contributed by atoms with Crippen LogP contribution in [0.2, 0.25) is 10.0 Å². The van der Waals surface area contributed by atoms with Gasteiger partial charge in [-0.25, -0.2) is 0 Å². The topological polar surface area (TPSA) is 65.5 Å². The molecule has 0 aliphatic heterocycles. The number of nitrogens with zero attached hydrogens (tertiary/aromatic N) is 1. The summed E-state index contributed by atoms with van der Waals surface area (Å²) in [6, 6.07) is 5.72. The molecule has 0 heterocycles. The summed E-state index contributed by atoms with van der Waals surface area (Å²) in [6.45, 7) is 5.19. The Balaban J connectivity index is 0.00000576. The van der Waals surface area contributed by atoms with Crippen molar-refractivity contribution in [1.82, 2.24) is 16.0 Å². The van der Waals surface area contributed by atoms with E-state index in [2.05, 4.69) is 20.9 Å². The van der Waals surface area contributed by atoms with Gasteiger partial charge in [0.15, 0.2) is 5.96 Å². The van der Waals surface area contributed by atoms with E-state index in [-0.39, 0.29) is 35.9 Å². The van der Waals surface area contributed by atoms with E-state index in [1.807, 2.05) is 26.0 Å². The number of benzene rings is 1. The number of nitrogens with one attached hydrogen (secondary N) is 3. The monoisotopic (exact) mass is 500 g/mol. The fourth-order valence-corrected chi connectivity index (χ4v) is 2.62. The van der Waals surface area contributed by atoms with Crippen LogP contribution in [0.25, 0.3) is 0 Å². The average molecular weight is 501 g/mol. The second-order valence-electron chi connectivity index (χ2n) is 5.74. The number of guanidine groups is 1. The quantitative estimate of drug-likeness (QED) is 0.221. The first-order valence-electron chi connectivity index (χ1n) is 8.10. The van der Waals surface area contributed by atoms with Gasteiger partial charge in [-0.05, 0) is 44.4 Å². The zero-order chi connectivity index (χ0) is 17.9. The summed E-state index contributed by atoms with van der Waals surface area (Å²) in [5, 5.41) is 10.5. The van der Waals surface area contributed by atoms with Gasteiger partial charge >= 0.3 is 0 Å². The van der Waals surface area contributed by atoms with Gasteiger partial charge in [0.1, 0.15) is 0 Å². The molecule has 0 bridgehead atoms. The number of amides is 1. The maximum absolute atomic E-state index is 11.6. The van der Waals surface area contributed by atoms with Gasteiger partial charge in [0.05, 0.1) is 0 Å². The number of carbonyl (C=O) groups is 1. The Labute approximate surface area is 177 Å². The molecule has 0 fully saturated rings. The molecule has 0 atom stereocenters. The van der Waals surface area contributed by atoms with Crippen molar-refractivity contribution in [2.75, 3.05) is 20.1 Å². The Kier molecular flexibility index (Phi) is 13.1. The fourth-order valence-electron chi connectivity index (χ4n) is 2.12. The minimum Gasteiger partial charge on any atom is -0.356 e. The molecule has 0 unspecified atom stereocenters. The first-order chi connectivity index (χ1) is 11.4. The smallest absolute Gasteiger partial charge is 0.221 e. The molecule has 0 spiro atoms. The Bertz CT molecular complexity index is 568. The molecule has 8 heteroatoms. The third-order valence-corrected chi connectivity index (χ3v) is 3.84. The molecule has 0 radical (unpaired) electrons. The van der Waals surface area contributed by atoms with Gasteiger partial charge in [0.2, 0.25) is 5.91 Å². The van der Waals surface area contributed by atoms with Crippen LogP contribution in [0.15, 0.2) is 23.2 Å². The lowest BCUT2D eigenvalue weighted by atomic mass is 10.1. The molecule has 1 amide bonds. The maximum Gasteiger partial charge on any atom is 0.221 e. The standard InChI is InChI=1S/C17H26Cl2N4O.HI/c1-12(2)23-16(24)8-10-22-17(20-3)21-9-4-5-13-6-7-14(18)11-15(13)19;/h6-7,11-12H,4-5,8-10H2,1-3H3,(H,23,24)(H2,20,21,22);1H. The van der Waals surface area contributed by atoms with Crippen LogP contribution in [0.5, 0.6) is 0 Å². The van der Waals surface area contributed by atoms with Crippen LogP contribution < -0.4 is 16.0 Å². The van der Waals surface area contributed by atoms with E-state index in [1.165, 1.54) is 0 Å². The van der Waals surface area contributed by atoms with Crippen molar-refractivity contribution in [2.24, 2.45) is 4.99 Å². The summed E-state index contributed by atoms with van der Waals surface area (Å²) in [5.41, 5.74) is 1.08. The third kappa shape index (κ3) is 10.8.